The molecular formula is C42H52Cl3N5O2. The molecule has 10 heteroatoms. The van der Waals surface area contributed by atoms with Gasteiger partial charge in [0.15, 0.2) is 5.69 Å². The Balaban J connectivity index is 1.03. The number of unbranched alkanes of at least 4 members (excludes halogenated alkanes) is 6. The molecule has 2 N–H and O–H groups in total. The minimum atomic E-state index is -0.209. The molecule has 2 amide bonds. The smallest absolute Gasteiger partial charge is 0.272 e. The number of rotatable bonds is 18. The van der Waals surface area contributed by atoms with Gasteiger partial charge in [0.25, 0.3) is 5.91 Å². The predicted molar refractivity (Wildman–Crippen MR) is 215 cm³/mol. The molecule has 0 saturated carbocycles. The Morgan fingerprint density at radius 2 is 1.60 bits per heavy atom. The van der Waals surface area contributed by atoms with Crippen LogP contribution in [0.1, 0.15) is 99.2 Å². The average molecular weight is 765 g/mol. The average Bonchev–Trinajstić information content (AvgIpc) is 3.49. The van der Waals surface area contributed by atoms with E-state index in [2.05, 4.69) is 45.9 Å². The van der Waals surface area contributed by atoms with Crippen LogP contribution in [0.2, 0.25) is 15.1 Å². The van der Waals surface area contributed by atoms with Gasteiger partial charge in [0, 0.05) is 52.8 Å². The van der Waals surface area contributed by atoms with Crippen molar-refractivity contribution >= 4 is 46.6 Å². The number of hydrogen-bond donors (Lipinski definition) is 2. The van der Waals surface area contributed by atoms with E-state index in [1.54, 1.807) is 22.9 Å². The van der Waals surface area contributed by atoms with Crippen LogP contribution < -0.4 is 10.6 Å². The molecule has 5 rings (SSSR count). The predicted octanol–water partition coefficient (Wildman–Crippen LogP) is 10.3. The van der Waals surface area contributed by atoms with Crippen molar-refractivity contribution in [3.05, 3.63) is 105 Å². The quantitative estimate of drug-likeness (QED) is 0.0989. The van der Waals surface area contributed by atoms with Crippen LogP contribution >= 0.6 is 34.8 Å². The zero-order valence-electron chi connectivity index (χ0n) is 30.5. The summed E-state index contributed by atoms with van der Waals surface area (Å²) in [7, 11) is 0. The fraction of sp³-hybridized carbons (Fsp3) is 0.452. The molecule has 0 bridgehead atoms. The van der Waals surface area contributed by atoms with Gasteiger partial charge in [-0.25, -0.2) is 4.68 Å². The molecule has 52 heavy (non-hydrogen) atoms. The van der Waals surface area contributed by atoms with Crippen molar-refractivity contribution < 1.29 is 9.59 Å². The number of benzene rings is 3. The van der Waals surface area contributed by atoms with Crippen molar-refractivity contribution in [3.63, 3.8) is 0 Å². The van der Waals surface area contributed by atoms with Gasteiger partial charge in [0.2, 0.25) is 5.91 Å². The van der Waals surface area contributed by atoms with E-state index in [-0.39, 0.29) is 11.8 Å². The molecule has 4 aromatic rings. The van der Waals surface area contributed by atoms with Crippen molar-refractivity contribution in [1.29, 1.82) is 0 Å². The Hall–Kier alpha value is -3.36. The summed E-state index contributed by atoms with van der Waals surface area (Å²) in [4.78, 5) is 28.5. The molecule has 1 aliphatic heterocycles. The lowest BCUT2D eigenvalue weighted by molar-refractivity contribution is -0.134. The Labute approximate surface area is 324 Å². The molecule has 1 aromatic heterocycles. The summed E-state index contributed by atoms with van der Waals surface area (Å²) in [6.45, 7) is 6.30. The van der Waals surface area contributed by atoms with Gasteiger partial charge in [0.05, 0.1) is 16.4 Å². The van der Waals surface area contributed by atoms with Gasteiger partial charge in [-0.2, -0.15) is 5.10 Å². The second-order valence-corrected chi connectivity index (χ2v) is 15.1. The summed E-state index contributed by atoms with van der Waals surface area (Å²) >= 11 is 18.9. The zero-order valence-corrected chi connectivity index (χ0v) is 32.7. The fourth-order valence-electron chi connectivity index (χ4n) is 7.25. The lowest BCUT2D eigenvalue weighted by Gasteiger charge is -2.38. The number of hydrogen-bond acceptors (Lipinski definition) is 4. The molecule has 7 nitrogen and oxygen atoms in total. The number of aromatic nitrogens is 2. The zero-order chi connectivity index (χ0) is 36.9. The lowest BCUT2D eigenvalue weighted by Crippen LogP contribution is -2.50. The Kier molecular flexibility index (Phi) is 15.5. The molecule has 1 fully saturated rings. The second-order valence-electron chi connectivity index (χ2n) is 13.9. The number of piperidine rings is 1. The van der Waals surface area contributed by atoms with Crippen molar-refractivity contribution in [1.82, 2.24) is 25.3 Å². The van der Waals surface area contributed by atoms with E-state index < -0.39 is 0 Å². The van der Waals surface area contributed by atoms with E-state index in [1.807, 2.05) is 38.1 Å². The van der Waals surface area contributed by atoms with Crippen molar-refractivity contribution in [2.24, 2.45) is 0 Å². The molecule has 1 saturated heterocycles. The normalized spacial score (nSPS) is 15.8. The first-order valence-electron chi connectivity index (χ1n) is 18.9. The first kappa shape index (κ1) is 39.8. The fourth-order valence-corrected chi connectivity index (χ4v) is 7.86. The van der Waals surface area contributed by atoms with Gasteiger partial charge in [-0.3, -0.25) is 9.59 Å². The third-order valence-electron chi connectivity index (χ3n) is 10.1. The number of halogens is 3. The van der Waals surface area contributed by atoms with Crippen LogP contribution in [0.5, 0.6) is 0 Å². The summed E-state index contributed by atoms with van der Waals surface area (Å²) < 4.78 is 1.71. The maximum atomic E-state index is 13.3. The maximum Gasteiger partial charge on any atom is 0.272 e. The Bertz CT molecular complexity index is 1740. The number of carbonyl (C=O) groups excluding carboxylic acids is 2. The summed E-state index contributed by atoms with van der Waals surface area (Å²) in [6, 6.07) is 24.1. The molecule has 0 spiro atoms. The van der Waals surface area contributed by atoms with Gasteiger partial charge in [0.1, 0.15) is 0 Å². The molecule has 0 radical (unpaired) electrons. The Morgan fingerprint density at radius 3 is 2.31 bits per heavy atom. The first-order valence-corrected chi connectivity index (χ1v) is 20.0. The van der Waals surface area contributed by atoms with Crippen LogP contribution in [-0.4, -0.2) is 58.2 Å². The molecule has 0 aliphatic carbocycles. The standard InChI is InChI=1S/C42H52Cl3N5O2/c1-3-39(51)49(36-24-26-46-35(29-36)22-16-31-14-10-9-11-15-31)27-13-8-6-4-5-7-12-25-47-42(52)40-30(2)41(32-17-19-33(43)20-18-32)50(48-40)38-23-21-34(44)28-37(38)45/h9-11,14-15,17-21,23,28,35-36,46H,3-8,12-13,16,22,24-27,29H2,1-2H3,(H,47,52). The molecule has 2 heterocycles. The number of aryl methyl sites for hydroxylation is 1. The van der Waals surface area contributed by atoms with Crippen LogP contribution in [0.4, 0.5) is 0 Å². The second kappa shape index (κ2) is 20.2. The summed E-state index contributed by atoms with van der Waals surface area (Å²) in [5, 5.41) is 13.1. The molecule has 3 aromatic carbocycles. The van der Waals surface area contributed by atoms with Crippen molar-refractivity contribution in [2.75, 3.05) is 19.6 Å². The molecule has 2 unspecified atom stereocenters. The van der Waals surface area contributed by atoms with Crippen molar-refractivity contribution in [3.8, 4) is 16.9 Å². The van der Waals surface area contributed by atoms with Gasteiger partial charge in [-0.15, -0.1) is 0 Å². The van der Waals surface area contributed by atoms with E-state index in [0.717, 1.165) is 101 Å². The number of nitrogens with one attached hydrogen (secondary N) is 2. The van der Waals surface area contributed by atoms with E-state index in [1.165, 1.54) is 5.56 Å². The number of carbonyl (C=O) groups is 2. The lowest BCUT2D eigenvalue weighted by atomic mass is 9.93. The first-order chi connectivity index (χ1) is 25.2. The summed E-state index contributed by atoms with van der Waals surface area (Å²) in [5.41, 5.74) is 4.77. The number of amides is 2. The highest BCUT2D eigenvalue weighted by atomic mass is 35.5. The third-order valence-corrected chi connectivity index (χ3v) is 10.9. The minimum Gasteiger partial charge on any atom is -0.351 e. The monoisotopic (exact) mass is 763 g/mol. The molecule has 278 valence electrons. The summed E-state index contributed by atoms with van der Waals surface area (Å²) in [5.74, 6) is 0.0756. The highest BCUT2D eigenvalue weighted by Crippen LogP contribution is 2.33. The number of nitrogens with zero attached hydrogens (tertiary/aromatic N) is 3. The SMILES string of the molecule is CCC(=O)N(CCCCCCCCCNC(=O)c1nn(-c2ccc(Cl)cc2Cl)c(-c2ccc(Cl)cc2)c1C)C1CCNC(CCc2ccccc2)C1. The van der Waals surface area contributed by atoms with Gasteiger partial charge < -0.3 is 15.5 Å². The van der Waals surface area contributed by atoms with Crippen LogP contribution in [0.15, 0.2) is 72.8 Å². The van der Waals surface area contributed by atoms with E-state index in [9.17, 15) is 9.59 Å². The highest BCUT2D eigenvalue weighted by molar-refractivity contribution is 6.35. The minimum absolute atomic E-state index is 0.209. The van der Waals surface area contributed by atoms with E-state index >= 15 is 0 Å². The Morgan fingerprint density at radius 1 is 0.904 bits per heavy atom. The maximum absolute atomic E-state index is 13.3. The topological polar surface area (TPSA) is 79.3 Å². The van der Waals surface area contributed by atoms with Crippen LogP contribution in [-0.2, 0) is 11.2 Å². The van der Waals surface area contributed by atoms with Gasteiger partial charge in [-0.05, 0) is 87.9 Å². The van der Waals surface area contributed by atoms with Gasteiger partial charge in [-0.1, -0.05) is 116 Å². The molecule has 2 atom stereocenters. The molecular weight excluding hydrogens is 713 g/mol. The molecule has 1 aliphatic rings. The van der Waals surface area contributed by atoms with E-state index in [4.69, 9.17) is 39.9 Å². The van der Waals surface area contributed by atoms with Crippen LogP contribution in [0.25, 0.3) is 16.9 Å². The van der Waals surface area contributed by atoms with Crippen molar-refractivity contribution in [2.45, 2.75) is 103 Å². The third kappa shape index (κ3) is 11.1. The van der Waals surface area contributed by atoms with E-state index in [0.29, 0.717) is 51.5 Å². The highest BCUT2D eigenvalue weighted by Gasteiger charge is 2.28. The van der Waals surface area contributed by atoms with Gasteiger partial charge >= 0.3 is 0 Å². The van der Waals surface area contributed by atoms with Crippen LogP contribution in [0, 0.1) is 6.92 Å². The largest absolute Gasteiger partial charge is 0.351 e. The van der Waals surface area contributed by atoms with Crippen LogP contribution in [0.3, 0.4) is 0 Å². The summed E-state index contributed by atoms with van der Waals surface area (Å²) in [6.07, 6.45) is 12.4.